The van der Waals surface area contributed by atoms with Crippen LogP contribution in [0.1, 0.15) is 16.1 Å². The number of nitrogens with one attached hydrogen (secondary N) is 3. The first-order valence-electron chi connectivity index (χ1n) is 9.70. The van der Waals surface area contributed by atoms with Gasteiger partial charge in [-0.3, -0.25) is 4.79 Å². The van der Waals surface area contributed by atoms with Crippen LogP contribution in [0.15, 0.2) is 67.4 Å². The maximum Gasteiger partial charge on any atom is 0.256 e. The Balaban J connectivity index is 1.64. The molecule has 0 saturated carbocycles. The number of carbonyl (C=O) groups is 1. The molecule has 4 N–H and O–H groups in total. The molecule has 1 saturated heterocycles. The van der Waals surface area contributed by atoms with E-state index in [9.17, 15) is 9.90 Å². The van der Waals surface area contributed by atoms with Crippen LogP contribution in [0.2, 0.25) is 0 Å². The second-order valence-corrected chi connectivity index (χ2v) is 7.00. The molecule has 0 bridgehead atoms. The van der Waals surface area contributed by atoms with Crippen molar-refractivity contribution in [2.75, 3.05) is 30.4 Å². The minimum Gasteiger partial charge on any atom is -0.379 e. The fourth-order valence-electron chi connectivity index (χ4n) is 2.94. The van der Waals surface area contributed by atoms with Crippen LogP contribution in [0.4, 0.5) is 23.3 Å². The first-order valence-corrected chi connectivity index (χ1v) is 9.70. The largest absolute Gasteiger partial charge is 0.379 e. The third-order valence-corrected chi connectivity index (χ3v) is 4.62. The lowest BCUT2D eigenvalue weighted by Gasteiger charge is -2.35. The Morgan fingerprint density at radius 3 is 2.65 bits per heavy atom. The summed E-state index contributed by atoms with van der Waals surface area (Å²) in [6.45, 7) is 4.30. The molecule has 9 heteroatoms. The van der Waals surface area contributed by atoms with Gasteiger partial charge in [0.1, 0.15) is 17.2 Å². The Morgan fingerprint density at radius 1 is 1.13 bits per heavy atom. The number of nitrogens with zero attached hydrogens (tertiary/aromatic N) is 3. The third kappa shape index (κ3) is 4.68. The highest BCUT2D eigenvalue weighted by molar-refractivity contribution is 5.99. The van der Waals surface area contributed by atoms with E-state index in [1.54, 1.807) is 24.3 Å². The number of amides is 1. The highest BCUT2D eigenvalue weighted by Gasteiger charge is 2.39. The van der Waals surface area contributed by atoms with Gasteiger partial charge in [-0.2, -0.15) is 4.98 Å². The molecule has 0 aliphatic carbocycles. The fraction of sp³-hybridized carbons (Fsp3) is 0.182. The molecule has 3 aromatic rings. The second-order valence-electron chi connectivity index (χ2n) is 7.00. The molecule has 2 aromatic heterocycles. The molecule has 1 fully saturated rings. The van der Waals surface area contributed by atoms with Gasteiger partial charge in [0.25, 0.3) is 5.91 Å². The molecule has 1 aliphatic rings. The summed E-state index contributed by atoms with van der Waals surface area (Å²) < 4.78 is 5.11. The molecule has 4 rings (SSSR count). The third-order valence-electron chi connectivity index (χ3n) is 4.62. The maximum atomic E-state index is 12.6. The van der Waals surface area contributed by atoms with Gasteiger partial charge in [0.2, 0.25) is 5.95 Å². The van der Waals surface area contributed by atoms with Crippen LogP contribution in [0.5, 0.6) is 0 Å². The average Bonchev–Trinajstić information content (AvgIpc) is 2.77. The van der Waals surface area contributed by atoms with Gasteiger partial charge in [-0.1, -0.05) is 30.3 Å². The van der Waals surface area contributed by atoms with Gasteiger partial charge in [-0.15, -0.1) is 6.58 Å². The van der Waals surface area contributed by atoms with Crippen LogP contribution in [-0.4, -0.2) is 45.7 Å². The van der Waals surface area contributed by atoms with Crippen LogP contribution in [-0.2, 0) is 10.3 Å². The summed E-state index contributed by atoms with van der Waals surface area (Å²) in [6.07, 6.45) is 3.03. The first-order chi connectivity index (χ1) is 15.1. The summed E-state index contributed by atoms with van der Waals surface area (Å²) >= 11 is 0. The molecule has 0 unspecified atom stereocenters. The number of aromatic nitrogens is 3. The minimum absolute atomic E-state index is 0.192. The van der Waals surface area contributed by atoms with Crippen LogP contribution < -0.4 is 16.0 Å². The molecule has 0 radical (unpaired) electrons. The van der Waals surface area contributed by atoms with E-state index in [-0.39, 0.29) is 30.5 Å². The highest BCUT2D eigenvalue weighted by Crippen LogP contribution is 2.29. The lowest BCUT2D eigenvalue weighted by Crippen LogP contribution is -2.47. The molecule has 0 spiro atoms. The van der Waals surface area contributed by atoms with E-state index in [4.69, 9.17) is 4.74 Å². The van der Waals surface area contributed by atoms with E-state index in [0.29, 0.717) is 24.0 Å². The van der Waals surface area contributed by atoms with Gasteiger partial charge in [0.05, 0.1) is 18.9 Å². The molecule has 1 aromatic carbocycles. The average molecular weight is 418 g/mol. The molecule has 158 valence electrons. The van der Waals surface area contributed by atoms with Gasteiger partial charge in [-0.25, -0.2) is 9.97 Å². The van der Waals surface area contributed by atoms with Gasteiger partial charge >= 0.3 is 0 Å². The van der Waals surface area contributed by atoms with Crippen LogP contribution in [0, 0.1) is 0 Å². The summed E-state index contributed by atoms with van der Waals surface area (Å²) in [6, 6.07) is 14.7. The van der Waals surface area contributed by atoms with Crippen molar-refractivity contribution in [2.24, 2.45) is 0 Å². The zero-order valence-corrected chi connectivity index (χ0v) is 16.7. The Bertz CT molecular complexity index is 1090. The maximum absolute atomic E-state index is 12.6. The number of rotatable bonds is 8. The van der Waals surface area contributed by atoms with Gasteiger partial charge in [0.15, 0.2) is 5.60 Å². The Labute approximate surface area is 179 Å². The van der Waals surface area contributed by atoms with E-state index in [2.05, 4.69) is 37.5 Å². The number of anilines is 4. The fourth-order valence-corrected chi connectivity index (χ4v) is 2.94. The molecule has 31 heavy (non-hydrogen) atoms. The number of para-hydroxylation sites is 1. The van der Waals surface area contributed by atoms with E-state index in [0.717, 1.165) is 5.69 Å². The summed E-state index contributed by atoms with van der Waals surface area (Å²) in [5.74, 6) is 0.670. The molecular formula is C22H22N6O3. The normalized spacial score (nSPS) is 14.2. The smallest absolute Gasteiger partial charge is 0.256 e. The van der Waals surface area contributed by atoms with Crippen molar-refractivity contribution in [3.8, 4) is 0 Å². The Kier molecular flexibility index (Phi) is 5.87. The number of hydrogen-bond acceptors (Lipinski definition) is 8. The van der Waals surface area contributed by atoms with E-state index in [1.807, 2.05) is 30.3 Å². The molecule has 0 atom stereocenters. The number of benzene rings is 1. The monoisotopic (exact) mass is 418 g/mol. The van der Waals surface area contributed by atoms with E-state index in [1.165, 1.54) is 6.20 Å². The zero-order valence-electron chi connectivity index (χ0n) is 16.7. The van der Waals surface area contributed by atoms with Crippen molar-refractivity contribution in [1.82, 2.24) is 20.3 Å². The van der Waals surface area contributed by atoms with Crippen molar-refractivity contribution >= 4 is 29.2 Å². The number of ether oxygens (including phenoxy) is 1. The molecule has 1 amide bonds. The Hall–Kier alpha value is -3.82. The summed E-state index contributed by atoms with van der Waals surface area (Å²) in [5.41, 5.74) is 0.439. The second kappa shape index (κ2) is 8.90. The summed E-state index contributed by atoms with van der Waals surface area (Å²) in [7, 11) is 0. The van der Waals surface area contributed by atoms with Crippen molar-refractivity contribution in [1.29, 1.82) is 0 Å². The highest BCUT2D eigenvalue weighted by atomic mass is 16.5. The van der Waals surface area contributed by atoms with E-state index >= 15 is 0 Å². The quantitative estimate of drug-likeness (QED) is 0.412. The van der Waals surface area contributed by atoms with Gasteiger partial charge in [0, 0.05) is 18.4 Å². The number of aliphatic hydroxyl groups is 1. The number of hydrogen-bond donors (Lipinski definition) is 4. The van der Waals surface area contributed by atoms with Crippen LogP contribution in [0.25, 0.3) is 0 Å². The van der Waals surface area contributed by atoms with Gasteiger partial charge in [-0.05, 0) is 24.3 Å². The molecule has 9 nitrogen and oxygen atoms in total. The SMILES string of the molecule is C=CCNC(=O)c1cnc(Nc2ccccc2)nc1Nc1cccc(C2(O)COC2)n1. The lowest BCUT2D eigenvalue weighted by atomic mass is 9.97. The standard InChI is InChI=1S/C22H22N6O3/c1-2-11-23-20(29)16-12-24-21(25-15-7-4-3-5-8-15)28-19(16)27-18-10-6-9-17(26-18)22(30)13-31-14-22/h2-10,12,30H,1,11,13-14H2,(H,23,29)(H2,24,25,26,27,28). The molecular weight excluding hydrogens is 396 g/mol. The summed E-state index contributed by atoms with van der Waals surface area (Å²) in [4.78, 5) is 25.8. The van der Waals surface area contributed by atoms with Gasteiger partial charge < -0.3 is 25.8 Å². The Morgan fingerprint density at radius 2 is 1.94 bits per heavy atom. The van der Waals surface area contributed by atoms with E-state index < -0.39 is 5.60 Å². The zero-order chi connectivity index (χ0) is 21.7. The number of carbonyl (C=O) groups excluding carboxylic acids is 1. The summed E-state index contributed by atoms with van der Waals surface area (Å²) in [5, 5.41) is 19.4. The molecule has 3 heterocycles. The lowest BCUT2D eigenvalue weighted by molar-refractivity contribution is -0.186. The minimum atomic E-state index is -1.10. The first kappa shape index (κ1) is 20.5. The predicted octanol–water partition coefficient (Wildman–Crippen LogP) is 2.49. The van der Waals surface area contributed by atoms with Crippen molar-refractivity contribution < 1.29 is 14.6 Å². The van der Waals surface area contributed by atoms with Crippen molar-refractivity contribution in [2.45, 2.75) is 5.60 Å². The van der Waals surface area contributed by atoms with Crippen LogP contribution in [0.3, 0.4) is 0 Å². The number of pyridine rings is 1. The van der Waals surface area contributed by atoms with Crippen molar-refractivity contribution in [3.63, 3.8) is 0 Å². The van der Waals surface area contributed by atoms with Crippen molar-refractivity contribution in [3.05, 3.63) is 78.6 Å². The topological polar surface area (TPSA) is 121 Å². The predicted molar refractivity (Wildman–Crippen MR) is 117 cm³/mol. The van der Waals surface area contributed by atoms with Crippen LogP contribution >= 0.6 is 0 Å². The molecule has 1 aliphatic heterocycles.